The zero-order valence-corrected chi connectivity index (χ0v) is 14.4. The van der Waals surface area contributed by atoms with Gasteiger partial charge in [0.1, 0.15) is 12.9 Å². The first-order valence-corrected chi connectivity index (χ1v) is 8.60. The summed E-state index contributed by atoms with van der Waals surface area (Å²) in [4.78, 5) is 8.39. The van der Waals surface area contributed by atoms with Crippen LogP contribution in [0, 0.1) is 0 Å². The van der Waals surface area contributed by atoms with Crippen LogP contribution < -0.4 is 10.1 Å². The fourth-order valence-corrected chi connectivity index (χ4v) is 3.24. The minimum atomic E-state index is -1.03. The van der Waals surface area contributed by atoms with Gasteiger partial charge in [0.2, 0.25) is 5.88 Å². The molecule has 0 spiro atoms. The Morgan fingerprint density at radius 2 is 1.93 bits per heavy atom. The molecule has 2 aromatic heterocycles. The van der Waals surface area contributed by atoms with Crippen molar-refractivity contribution in [1.82, 2.24) is 30.3 Å². The lowest BCUT2D eigenvalue weighted by molar-refractivity contribution is 0.0173. The van der Waals surface area contributed by atoms with Crippen LogP contribution in [0.25, 0.3) is 10.9 Å². The maximum absolute atomic E-state index is 10.1. The second kappa shape index (κ2) is 7.53. The summed E-state index contributed by atoms with van der Waals surface area (Å²) >= 11 is 0. The quantitative estimate of drug-likeness (QED) is 0.423. The number of aromatic nitrogens is 5. The third-order valence-electron chi connectivity index (χ3n) is 4.73. The fraction of sp³-hybridized carbons (Fsp3) is 0.412. The number of nitrogens with one attached hydrogen (secondary N) is 1. The lowest BCUT2D eigenvalue weighted by Gasteiger charge is -2.17. The van der Waals surface area contributed by atoms with Crippen molar-refractivity contribution in [1.29, 1.82) is 0 Å². The van der Waals surface area contributed by atoms with Crippen LogP contribution in [0.5, 0.6) is 5.88 Å². The average molecular weight is 372 g/mol. The van der Waals surface area contributed by atoms with Crippen LogP contribution in [0.3, 0.4) is 0 Å². The van der Waals surface area contributed by atoms with E-state index in [1.165, 1.54) is 6.33 Å². The van der Waals surface area contributed by atoms with Crippen LogP contribution in [0.2, 0.25) is 0 Å². The minimum Gasteiger partial charge on any atom is -0.471 e. The highest BCUT2D eigenvalue weighted by Crippen LogP contribution is 2.22. The van der Waals surface area contributed by atoms with Crippen molar-refractivity contribution in [2.75, 3.05) is 6.61 Å². The summed E-state index contributed by atoms with van der Waals surface area (Å²) in [6.07, 6.45) is 0.981. The number of benzene rings is 1. The molecule has 4 rings (SSSR count). The topological polar surface area (TPSA) is 138 Å². The van der Waals surface area contributed by atoms with Crippen LogP contribution in [0.4, 0.5) is 0 Å². The van der Waals surface area contributed by atoms with Gasteiger partial charge in [-0.2, -0.15) is 0 Å². The number of ether oxygens (including phenoxy) is 1. The summed E-state index contributed by atoms with van der Waals surface area (Å²) < 4.78 is 7.43. The molecule has 10 heteroatoms. The Morgan fingerprint density at radius 3 is 2.74 bits per heavy atom. The largest absolute Gasteiger partial charge is 0.471 e. The second-order valence-corrected chi connectivity index (χ2v) is 6.44. The van der Waals surface area contributed by atoms with Crippen molar-refractivity contribution >= 4 is 10.9 Å². The zero-order chi connectivity index (χ0) is 18.8. The van der Waals surface area contributed by atoms with Crippen LogP contribution in [-0.2, 0) is 13.2 Å². The first kappa shape index (κ1) is 17.7. The van der Waals surface area contributed by atoms with Crippen molar-refractivity contribution in [3.8, 4) is 5.88 Å². The van der Waals surface area contributed by atoms with Gasteiger partial charge >= 0.3 is 0 Å². The van der Waals surface area contributed by atoms with Gasteiger partial charge in [0, 0.05) is 0 Å². The van der Waals surface area contributed by atoms with E-state index in [1.807, 2.05) is 24.3 Å². The van der Waals surface area contributed by atoms with Gasteiger partial charge in [0.25, 0.3) is 0 Å². The molecule has 0 amide bonds. The number of fused-ring (bicyclic) bond motifs is 1. The predicted molar refractivity (Wildman–Crippen MR) is 93.7 cm³/mol. The third kappa shape index (κ3) is 3.47. The molecule has 0 unspecified atom stereocenters. The van der Waals surface area contributed by atoms with E-state index in [9.17, 15) is 15.3 Å². The average Bonchev–Trinajstić information content (AvgIpc) is 3.25. The highest BCUT2D eigenvalue weighted by Gasteiger charge is 2.40. The molecule has 3 aromatic rings. The Labute approximate surface area is 154 Å². The molecular formula is C17H20N6O4. The summed E-state index contributed by atoms with van der Waals surface area (Å²) in [5, 5.41) is 41.0. The predicted octanol–water partition coefficient (Wildman–Crippen LogP) is -1.15. The first-order valence-electron chi connectivity index (χ1n) is 8.60. The standard InChI is InChI=1S/C17H20N6O4/c24-7-14-16(26)15(25)13(21-14)6-23-10(5-20-22-23)8-27-17-11-3-1-2-4-12(11)18-9-19-17/h1-5,9,13-16,21,24-26H,6-8H2/t13-,14-,15-,16-/m1/s1. The van der Waals surface area contributed by atoms with Crippen LogP contribution >= 0.6 is 0 Å². The van der Waals surface area contributed by atoms with Gasteiger partial charge in [-0.15, -0.1) is 5.10 Å². The lowest BCUT2D eigenvalue weighted by atomic mass is 10.1. The molecule has 1 aromatic carbocycles. The molecule has 1 aliphatic rings. The number of hydrogen-bond donors (Lipinski definition) is 4. The minimum absolute atomic E-state index is 0.183. The van der Waals surface area contributed by atoms with E-state index in [4.69, 9.17) is 4.74 Å². The summed E-state index contributed by atoms with van der Waals surface area (Å²) in [5.41, 5.74) is 1.48. The van der Waals surface area contributed by atoms with E-state index in [0.717, 1.165) is 10.9 Å². The summed E-state index contributed by atoms with van der Waals surface area (Å²) in [5.74, 6) is 0.461. The van der Waals surface area contributed by atoms with Gasteiger partial charge in [-0.1, -0.05) is 17.3 Å². The highest BCUT2D eigenvalue weighted by molar-refractivity contribution is 5.82. The molecule has 0 saturated carbocycles. The van der Waals surface area contributed by atoms with Gasteiger partial charge in [-0.25, -0.2) is 14.6 Å². The molecule has 27 heavy (non-hydrogen) atoms. The van der Waals surface area contributed by atoms with Gasteiger partial charge < -0.3 is 25.4 Å². The number of para-hydroxylation sites is 1. The van der Waals surface area contributed by atoms with Crippen molar-refractivity contribution in [2.45, 2.75) is 37.4 Å². The molecule has 1 fully saturated rings. The Balaban J connectivity index is 1.46. The molecule has 0 aliphatic carbocycles. The molecular weight excluding hydrogens is 352 g/mol. The molecule has 10 nitrogen and oxygen atoms in total. The Hall–Kier alpha value is -2.66. The van der Waals surface area contributed by atoms with Crippen molar-refractivity contribution in [3.63, 3.8) is 0 Å². The summed E-state index contributed by atoms with van der Waals surface area (Å²) in [7, 11) is 0. The highest BCUT2D eigenvalue weighted by atomic mass is 16.5. The van der Waals surface area contributed by atoms with Crippen molar-refractivity contribution in [3.05, 3.63) is 42.5 Å². The lowest BCUT2D eigenvalue weighted by Crippen LogP contribution is -2.38. The monoisotopic (exact) mass is 372 g/mol. The maximum Gasteiger partial charge on any atom is 0.224 e. The maximum atomic E-state index is 10.1. The van der Waals surface area contributed by atoms with Crippen LogP contribution in [0.1, 0.15) is 5.69 Å². The number of rotatable bonds is 6. The van der Waals surface area contributed by atoms with E-state index < -0.39 is 24.3 Å². The summed E-state index contributed by atoms with van der Waals surface area (Å²) in [6, 6.07) is 6.52. The smallest absolute Gasteiger partial charge is 0.224 e. The van der Waals surface area contributed by atoms with Crippen molar-refractivity contribution < 1.29 is 20.1 Å². The normalized spacial score (nSPS) is 25.1. The SMILES string of the molecule is OC[C@H]1N[C@H](Cn2nncc2COc2ncnc3ccccc23)[C@@H](O)[C@@H]1O. The summed E-state index contributed by atoms with van der Waals surface area (Å²) in [6.45, 7) is 0.198. The third-order valence-corrected chi connectivity index (χ3v) is 4.73. The first-order chi connectivity index (χ1) is 13.2. The van der Waals surface area contributed by atoms with Gasteiger partial charge in [0.05, 0.1) is 60.2 Å². The Kier molecular flexibility index (Phi) is 4.94. The van der Waals surface area contributed by atoms with Crippen LogP contribution in [0.15, 0.2) is 36.8 Å². The number of hydrogen-bond acceptors (Lipinski definition) is 9. The van der Waals surface area contributed by atoms with Gasteiger partial charge in [-0.05, 0) is 12.1 Å². The van der Waals surface area contributed by atoms with E-state index >= 15 is 0 Å². The van der Waals surface area contributed by atoms with Crippen LogP contribution in [-0.4, -0.2) is 71.2 Å². The van der Waals surface area contributed by atoms with E-state index in [1.54, 1.807) is 10.9 Å². The molecule has 1 saturated heterocycles. The molecule has 142 valence electrons. The molecule has 4 atom stereocenters. The zero-order valence-electron chi connectivity index (χ0n) is 14.4. The van der Waals surface area contributed by atoms with E-state index in [2.05, 4.69) is 25.6 Å². The fourth-order valence-electron chi connectivity index (χ4n) is 3.24. The Bertz CT molecular complexity index is 914. The molecule has 3 heterocycles. The van der Waals surface area contributed by atoms with Crippen molar-refractivity contribution in [2.24, 2.45) is 0 Å². The van der Waals surface area contributed by atoms with Gasteiger partial charge in [0.15, 0.2) is 0 Å². The Morgan fingerprint density at radius 1 is 1.11 bits per heavy atom. The van der Waals surface area contributed by atoms with E-state index in [-0.39, 0.29) is 19.8 Å². The second-order valence-electron chi connectivity index (χ2n) is 6.44. The molecule has 0 bridgehead atoms. The molecule has 4 N–H and O–H groups in total. The van der Waals surface area contributed by atoms with E-state index in [0.29, 0.717) is 11.6 Å². The molecule has 1 aliphatic heterocycles. The molecule has 0 radical (unpaired) electrons. The number of nitrogens with zero attached hydrogens (tertiary/aromatic N) is 5. The number of aliphatic hydroxyl groups is 3. The van der Waals surface area contributed by atoms with Gasteiger partial charge in [-0.3, -0.25) is 0 Å². The number of aliphatic hydroxyl groups excluding tert-OH is 3.